The lowest BCUT2D eigenvalue weighted by Crippen LogP contribution is -2.51. The predicted molar refractivity (Wildman–Crippen MR) is 69.0 cm³/mol. The first kappa shape index (κ1) is 13.9. The Labute approximate surface area is 117 Å². The van der Waals surface area contributed by atoms with Crippen molar-refractivity contribution in [2.45, 2.75) is 23.5 Å². The Morgan fingerprint density at radius 3 is 2.60 bits per heavy atom. The van der Waals surface area contributed by atoms with Crippen LogP contribution in [0.5, 0.6) is 0 Å². The zero-order valence-electron chi connectivity index (χ0n) is 10.9. The van der Waals surface area contributed by atoms with E-state index in [1.807, 2.05) is 0 Å². The van der Waals surface area contributed by atoms with E-state index in [1.165, 1.54) is 22.5 Å². The van der Waals surface area contributed by atoms with E-state index >= 15 is 0 Å². The van der Waals surface area contributed by atoms with Crippen LogP contribution in [0.4, 0.5) is 4.39 Å². The van der Waals surface area contributed by atoms with Crippen molar-refractivity contribution in [1.29, 1.82) is 0 Å². The number of piperidine rings is 1. The summed E-state index contributed by atoms with van der Waals surface area (Å²) >= 11 is 0. The van der Waals surface area contributed by atoms with Gasteiger partial charge in [-0.05, 0) is 18.6 Å². The van der Waals surface area contributed by atoms with Gasteiger partial charge in [0.2, 0.25) is 10.0 Å². The number of hydrogen-bond donors (Lipinski definition) is 0. The lowest BCUT2D eigenvalue weighted by molar-refractivity contribution is -0.179. The van der Waals surface area contributed by atoms with Crippen LogP contribution >= 0.6 is 0 Å². The zero-order valence-corrected chi connectivity index (χ0v) is 11.7. The van der Waals surface area contributed by atoms with Crippen molar-refractivity contribution in [3.8, 4) is 0 Å². The van der Waals surface area contributed by atoms with Gasteiger partial charge in [-0.3, -0.25) is 0 Å². The molecule has 2 aliphatic rings. The summed E-state index contributed by atoms with van der Waals surface area (Å²) in [5.74, 6) is -1.59. The molecule has 0 saturated carbocycles. The standard InChI is InChI=1S/C13H16FNO4S/c14-11-4-1-2-5-12(11)20(16,17)15-7-3-6-13(10-15)18-8-9-19-13/h1-2,4-5H,3,6-10H2. The fourth-order valence-corrected chi connectivity index (χ4v) is 4.26. The molecule has 3 rings (SSSR count). The van der Waals surface area contributed by atoms with Gasteiger partial charge < -0.3 is 9.47 Å². The third-order valence-electron chi connectivity index (χ3n) is 3.65. The Hall–Kier alpha value is -1.02. The van der Waals surface area contributed by atoms with Crippen LogP contribution in [0.25, 0.3) is 0 Å². The van der Waals surface area contributed by atoms with Crippen molar-refractivity contribution in [2.75, 3.05) is 26.3 Å². The van der Waals surface area contributed by atoms with Crippen LogP contribution in [0, 0.1) is 5.82 Å². The number of benzene rings is 1. The molecular formula is C13H16FNO4S. The van der Waals surface area contributed by atoms with Gasteiger partial charge in [-0.2, -0.15) is 4.31 Å². The molecule has 20 heavy (non-hydrogen) atoms. The van der Waals surface area contributed by atoms with Gasteiger partial charge in [0.15, 0.2) is 5.79 Å². The minimum atomic E-state index is -3.86. The van der Waals surface area contributed by atoms with E-state index in [1.54, 1.807) is 0 Å². The quantitative estimate of drug-likeness (QED) is 0.827. The summed E-state index contributed by atoms with van der Waals surface area (Å²) < 4.78 is 51.1. The molecule has 110 valence electrons. The van der Waals surface area contributed by atoms with Crippen LogP contribution in [0.15, 0.2) is 29.2 Å². The van der Waals surface area contributed by atoms with Crippen LogP contribution in [-0.2, 0) is 19.5 Å². The van der Waals surface area contributed by atoms with Crippen molar-refractivity contribution < 1.29 is 22.3 Å². The molecule has 0 unspecified atom stereocenters. The van der Waals surface area contributed by atoms with Gasteiger partial charge in [0.25, 0.3) is 0 Å². The summed E-state index contributed by atoms with van der Waals surface area (Å²) in [5.41, 5.74) is 0. The molecule has 1 aromatic rings. The highest BCUT2D eigenvalue weighted by Gasteiger charge is 2.44. The summed E-state index contributed by atoms with van der Waals surface area (Å²) in [7, 11) is -3.86. The molecule has 1 spiro atoms. The maximum Gasteiger partial charge on any atom is 0.246 e. The largest absolute Gasteiger partial charge is 0.346 e. The summed E-state index contributed by atoms with van der Waals surface area (Å²) in [6.45, 7) is 1.40. The van der Waals surface area contributed by atoms with E-state index < -0.39 is 21.6 Å². The molecule has 0 radical (unpaired) electrons. The Morgan fingerprint density at radius 1 is 1.20 bits per heavy atom. The van der Waals surface area contributed by atoms with Crippen molar-refractivity contribution in [2.24, 2.45) is 0 Å². The minimum Gasteiger partial charge on any atom is -0.346 e. The van der Waals surface area contributed by atoms with Crippen molar-refractivity contribution in [3.63, 3.8) is 0 Å². The Bertz CT molecular complexity index is 598. The summed E-state index contributed by atoms with van der Waals surface area (Å²) in [6.07, 6.45) is 1.30. The van der Waals surface area contributed by atoms with E-state index in [-0.39, 0.29) is 11.4 Å². The number of rotatable bonds is 2. The van der Waals surface area contributed by atoms with Crippen LogP contribution in [0.3, 0.4) is 0 Å². The van der Waals surface area contributed by atoms with Crippen LogP contribution in [-0.4, -0.2) is 44.8 Å². The molecular weight excluding hydrogens is 285 g/mol. The van der Waals surface area contributed by atoms with Gasteiger partial charge in [0.05, 0.1) is 19.8 Å². The number of hydrogen-bond acceptors (Lipinski definition) is 4. The van der Waals surface area contributed by atoms with Crippen LogP contribution in [0.1, 0.15) is 12.8 Å². The predicted octanol–water partition coefficient (Wildman–Crippen LogP) is 1.35. The number of sulfonamides is 1. The summed E-state index contributed by atoms with van der Waals surface area (Å²) in [4.78, 5) is -0.296. The number of nitrogens with zero attached hydrogens (tertiary/aromatic N) is 1. The molecule has 2 fully saturated rings. The van der Waals surface area contributed by atoms with Gasteiger partial charge in [-0.25, -0.2) is 12.8 Å². The Balaban J connectivity index is 1.90. The molecule has 0 amide bonds. The molecule has 5 nitrogen and oxygen atoms in total. The van der Waals surface area contributed by atoms with Crippen LogP contribution < -0.4 is 0 Å². The van der Waals surface area contributed by atoms with E-state index in [0.29, 0.717) is 32.6 Å². The highest BCUT2D eigenvalue weighted by Crippen LogP contribution is 2.33. The first-order valence-electron chi connectivity index (χ1n) is 6.56. The zero-order chi connectivity index (χ0) is 14.2. The fourth-order valence-electron chi connectivity index (χ4n) is 2.68. The molecule has 2 aliphatic heterocycles. The second-order valence-corrected chi connectivity index (χ2v) is 6.89. The maximum atomic E-state index is 13.7. The fraction of sp³-hybridized carbons (Fsp3) is 0.538. The van der Waals surface area contributed by atoms with E-state index in [2.05, 4.69) is 0 Å². The third kappa shape index (κ3) is 2.35. The van der Waals surface area contributed by atoms with Gasteiger partial charge >= 0.3 is 0 Å². The second kappa shape index (κ2) is 5.07. The van der Waals surface area contributed by atoms with Gasteiger partial charge in [-0.15, -0.1) is 0 Å². The van der Waals surface area contributed by atoms with Gasteiger partial charge in [0.1, 0.15) is 10.7 Å². The van der Waals surface area contributed by atoms with E-state index in [4.69, 9.17) is 9.47 Å². The topological polar surface area (TPSA) is 55.8 Å². The first-order chi connectivity index (χ1) is 9.54. The molecule has 2 saturated heterocycles. The Morgan fingerprint density at radius 2 is 1.90 bits per heavy atom. The first-order valence-corrected chi connectivity index (χ1v) is 8.00. The molecule has 1 aromatic carbocycles. The van der Waals surface area contributed by atoms with Crippen molar-refractivity contribution in [3.05, 3.63) is 30.1 Å². The highest BCUT2D eigenvalue weighted by atomic mass is 32.2. The smallest absolute Gasteiger partial charge is 0.246 e. The van der Waals surface area contributed by atoms with Crippen LogP contribution in [0.2, 0.25) is 0 Å². The molecule has 0 aromatic heterocycles. The lowest BCUT2D eigenvalue weighted by atomic mass is 10.1. The SMILES string of the molecule is O=S(=O)(c1ccccc1F)N1CCCC2(C1)OCCO2. The third-order valence-corrected chi connectivity index (χ3v) is 5.53. The van der Waals surface area contributed by atoms with Gasteiger partial charge in [-0.1, -0.05) is 12.1 Å². The molecule has 0 bridgehead atoms. The molecule has 7 heteroatoms. The maximum absolute atomic E-state index is 13.7. The van der Waals surface area contributed by atoms with E-state index in [9.17, 15) is 12.8 Å². The normalized spacial score (nSPS) is 23.2. The Kier molecular flexibility index (Phi) is 3.53. The number of ether oxygens (including phenoxy) is 2. The highest BCUT2D eigenvalue weighted by molar-refractivity contribution is 7.89. The summed E-state index contributed by atoms with van der Waals surface area (Å²) in [6, 6.07) is 5.41. The van der Waals surface area contributed by atoms with E-state index in [0.717, 1.165) is 6.07 Å². The van der Waals surface area contributed by atoms with Gasteiger partial charge in [0, 0.05) is 13.0 Å². The minimum absolute atomic E-state index is 0.115. The molecule has 2 heterocycles. The van der Waals surface area contributed by atoms with Crippen molar-refractivity contribution in [1.82, 2.24) is 4.31 Å². The molecule has 0 N–H and O–H groups in total. The molecule has 0 atom stereocenters. The monoisotopic (exact) mass is 301 g/mol. The van der Waals surface area contributed by atoms with Crippen molar-refractivity contribution >= 4 is 10.0 Å². The molecule has 0 aliphatic carbocycles. The number of halogens is 1. The average Bonchev–Trinajstić information content (AvgIpc) is 2.87. The average molecular weight is 301 g/mol. The lowest BCUT2D eigenvalue weighted by Gasteiger charge is -2.37. The second-order valence-electron chi connectivity index (χ2n) is 4.98. The summed E-state index contributed by atoms with van der Waals surface area (Å²) in [5, 5.41) is 0.